The molecule has 0 unspecified atom stereocenters. The van der Waals surface area contributed by atoms with Gasteiger partial charge in [0.05, 0.1) is 19.0 Å². The molecule has 2 aromatic rings. The van der Waals surface area contributed by atoms with Gasteiger partial charge in [-0.25, -0.2) is 4.79 Å². The van der Waals surface area contributed by atoms with Crippen LogP contribution in [0.25, 0.3) is 10.9 Å². The molecule has 2 fully saturated rings. The molecule has 7 heteroatoms. The molecule has 7 nitrogen and oxygen atoms in total. The van der Waals surface area contributed by atoms with Crippen LogP contribution in [0.4, 0.5) is 4.79 Å². The molecule has 1 spiro atoms. The molecule has 0 bridgehead atoms. The lowest BCUT2D eigenvalue weighted by Gasteiger charge is -2.36. The summed E-state index contributed by atoms with van der Waals surface area (Å²) in [6, 6.07) is 9.11. The zero-order valence-electron chi connectivity index (χ0n) is 16.5. The number of urea groups is 1. The van der Waals surface area contributed by atoms with Crippen molar-refractivity contribution in [1.29, 1.82) is 5.26 Å². The number of carbonyl (C=O) groups is 3. The second-order valence-corrected chi connectivity index (χ2v) is 8.02. The fraction of sp³-hybridized carbons (Fsp3) is 0.455. The lowest BCUT2D eigenvalue weighted by molar-refractivity contribution is -0.133. The van der Waals surface area contributed by atoms with Gasteiger partial charge in [0.25, 0.3) is 5.91 Å². The summed E-state index contributed by atoms with van der Waals surface area (Å²) in [5.41, 5.74) is 0.466. The van der Waals surface area contributed by atoms with Gasteiger partial charge < -0.3 is 9.88 Å². The molecule has 1 saturated carbocycles. The monoisotopic (exact) mass is 392 g/mol. The van der Waals surface area contributed by atoms with E-state index in [9.17, 15) is 14.4 Å². The van der Waals surface area contributed by atoms with E-state index in [0.717, 1.165) is 35.1 Å². The van der Waals surface area contributed by atoms with Crippen LogP contribution in [0.1, 0.15) is 49.4 Å². The normalized spacial score (nSPS) is 24.1. The number of nitrogens with one attached hydrogen (secondary N) is 1. The van der Waals surface area contributed by atoms with Crippen molar-refractivity contribution in [2.75, 3.05) is 6.54 Å². The first kappa shape index (κ1) is 19.2. The quantitative estimate of drug-likeness (QED) is 0.624. The molecular formula is C22H24N4O3. The first-order valence-corrected chi connectivity index (χ1v) is 10.1. The Bertz CT molecular complexity index is 1030. The van der Waals surface area contributed by atoms with Crippen LogP contribution in [-0.2, 0) is 11.3 Å². The zero-order valence-corrected chi connectivity index (χ0v) is 16.5. The van der Waals surface area contributed by atoms with Gasteiger partial charge in [0.15, 0.2) is 5.78 Å². The highest BCUT2D eigenvalue weighted by Gasteiger charge is 2.55. The smallest absolute Gasteiger partial charge is 0.325 e. The van der Waals surface area contributed by atoms with E-state index in [1.54, 1.807) is 6.20 Å². The number of aromatic nitrogens is 1. The third kappa shape index (κ3) is 3.09. The van der Waals surface area contributed by atoms with Gasteiger partial charge >= 0.3 is 6.03 Å². The number of benzene rings is 1. The largest absolute Gasteiger partial charge is 0.346 e. The van der Waals surface area contributed by atoms with E-state index in [-0.39, 0.29) is 24.2 Å². The van der Waals surface area contributed by atoms with E-state index >= 15 is 0 Å². The van der Waals surface area contributed by atoms with Crippen LogP contribution in [0, 0.1) is 17.2 Å². The number of nitriles is 1. The summed E-state index contributed by atoms with van der Waals surface area (Å²) < 4.78 is 1.88. The lowest BCUT2D eigenvalue weighted by Crippen LogP contribution is -2.54. The molecule has 1 aliphatic carbocycles. The Morgan fingerprint density at radius 2 is 2.10 bits per heavy atom. The van der Waals surface area contributed by atoms with Gasteiger partial charge in [-0.05, 0) is 24.8 Å². The summed E-state index contributed by atoms with van der Waals surface area (Å²) in [5, 5.41) is 12.5. The fourth-order valence-corrected chi connectivity index (χ4v) is 4.69. The molecule has 1 aromatic heterocycles. The van der Waals surface area contributed by atoms with Crippen molar-refractivity contribution in [3.8, 4) is 6.07 Å². The second-order valence-electron chi connectivity index (χ2n) is 8.02. The first-order valence-electron chi connectivity index (χ1n) is 10.1. The molecule has 150 valence electrons. The van der Waals surface area contributed by atoms with Gasteiger partial charge in [-0.15, -0.1) is 0 Å². The lowest BCUT2D eigenvalue weighted by atomic mass is 9.73. The van der Waals surface area contributed by atoms with Crippen molar-refractivity contribution in [3.05, 3.63) is 36.0 Å². The molecule has 29 heavy (non-hydrogen) atoms. The van der Waals surface area contributed by atoms with E-state index in [4.69, 9.17) is 5.26 Å². The molecular weight excluding hydrogens is 368 g/mol. The standard InChI is InChI=1S/C22H24N4O3/c1-15-7-4-5-10-22(15)20(28)26(21(29)24-22)14-19(27)17-13-25(12-6-11-23)18-9-3-2-8-16(17)18/h2-3,8-9,13,15H,4-7,10,12,14H2,1H3,(H,24,29)/t15-,22+/m1/s1. The van der Waals surface area contributed by atoms with Crippen LogP contribution in [0.2, 0.25) is 0 Å². The highest BCUT2D eigenvalue weighted by atomic mass is 16.2. The number of imide groups is 1. The Balaban J connectivity index is 1.61. The van der Waals surface area contributed by atoms with E-state index in [2.05, 4.69) is 11.4 Å². The van der Waals surface area contributed by atoms with Crippen molar-refractivity contribution in [3.63, 3.8) is 0 Å². The number of hydrogen-bond donors (Lipinski definition) is 1. The minimum Gasteiger partial charge on any atom is -0.346 e. The van der Waals surface area contributed by atoms with Gasteiger partial charge in [-0.1, -0.05) is 38.0 Å². The number of aryl methyl sites for hydroxylation is 1. The molecule has 1 aliphatic heterocycles. The van der Waals surface area contributed by atoms with E-state index in [1.807, 2.05) is 35.8 Å². The van der Waals surface area contributed by atoms with Crippen molar-refractivity contribution in [2.45, 2.75) is 51.1 Å². The average molecular weight is 392 g/mol. The number of rotatable bonds is 5. The Morgan fingerprint density at radius 1 is 1.31 bits per heavy atom. The number of fused-ring (bicyclic) bond motifs is 1. The molecule has 2 atom stereocenters. The minimum atomic E-state index is -0.865. The number of nitrogens with zero attached hydrogens (tertiary/aromatic N) is 3. The van der Waals surface area contributed by atoms with Crippen molar-refractivity contribution >= 4 is 28.6 Å². The first-order chi connectivity index (χ1) is 14.0. The topological polar surface area (TPSA) is 95.2 Å². The maximum absolute atomic E-state index is 13.1. The number of carbonyl (C=O) groups excluding carboxylic acids is 3. The third-order valence-corrected chi connectivity index (χ3v) is 6.36. The highest BCUT2D eigenvalue weighted by molar-refractivity contribution is 6.14. The predicted octanol–water partition coefficient (Wildman–Crippen LogP) is 3.24. The van der Waals surface area contributed by atoms with E-state index in [1.165, 1.54) is 0 Å². The molecule has 1 aromatic carbocycles. The van der Waals surface area contributed by atoms with Crippen LogP contribution >= 0.6 is 0 Å². The number of hydrogen-bond acceptors (Lipinski definition) is 4. The summed E-state index contributed by atoms with van der Waals surface area (Å²) in [6.45, 7) is 2.20. The second kappa shape index (κ2) is 7.36. The van der Waals surface area contributed by atoms with E-state index < -0.39 is 11.6 Å². The summed E-state index contributed by atoms with van der Waals surface area (Å²) in [7, 11) is 0. The van der Waals surface area contributed by atoms with Gasteiger partial charge in [0.2, 0.25) is 0 Å². The van der Waals surface area contributed by atoms with Crippen LogP contribution in [0.15, 0.2) is 30.5 Å². The minimum absolute atomic E-state index is 0.0562. The maximum Gasteiger partial charge on any atom is 0.325 e. The number of para-hydroxylation sites is 1. The number of ketones is 1. The van der Waals surface area contributed by atoms with Crippen LogP contribution < -0.4 is 5.32 Å². The van der Waals surface area contributed by atoms with Crippen molar-refractivity contribution in [1.82, 2.24) is 14.8 Å². The third-order valence-electron chi connectivity index (χ3n) is 6.36. The average Bonchev–Trinajstić information content (AvgIpc) is 3.20. The molecule has 0 radical (unpaired) electrons. The van der Waals surface area contributed by atoms with Gasteiger partial charge in [0.1, 0.15) is 5.54 Å². The Morgan fingerprint density at radius 3 is 2.86 bits per heavy atom. The van der Waals surface area contributed by atoms with Crippen LogP contribution in [0.3, 0.4) is 0 Å². The molecule has 3 amide bonds. The summed E-state index contributed by atoms with van der Waals surface area (Å²) in [5.74, 6) is -0.502. The molecule has 1 saturated heterocycles. The zero-order chi connectivity index (χ0) is 20.6. The predicted molar refractivity (Wildman–Crippen MR) is 107 cm³/mol. The Labute approximate surface area is 169 Å². The molecule has 2 heterocycles. The fourth-order valence-electron chi connectivity index (χ4n) is 4.69. The van der Waals surface area contributed by atoms with Gasteiger partial charge in [-0.3, -0.25) is 14.5 Å². The summed E-state index contributed by atoms with van der Waals surface area (Å²) >= 11 is 0. The van der Waals surface area contributed by atoms with Crippen LogP contribution in [0.5, 0.6) is 0 Å². The number of amides is 3. The summed E-state index contributed by atoms with van der Waals surface area (Å²) in [6.07, 6.45) is 5.51. The van der Waals surface area contributed by atoms with Gasteiger partial charge in [0, 0.05) is 29.2 Å². The Hall–Kier alpha value is -3.14. The van der Waals surface area contributed by atoms with E-state index in [0.29, 0.717) is 24.9 Å². The SMILES string of the molecule is C[C@@H]1CCCC[C@]12NC(=O)N(CC(=O)c1cn(CCC#N)c3ccccc13)C2=O. The van der Waals surface area contributed by atoms with Crippen molar-refractivity contribution in [2.24, 2.45) is 5.92 Å². The molecule has 1 N–H and O–H groups in total. The maximum atomic E-state index is 13.1. The van der Waals surface area contributed by atoms with Gasteiger partial charge in [-0.2, -0.15) is 5.26 Å². The molecule has 2 aliphatic rings. The highest BCUT2D eigenvalue weighted by Crippen LogP contribution is 2.38. The summed E-state index contributed by atoms with van der Waals surface area (Å²) in [4.78, 5) is 39.9. The van der Waals surface area contributed by atoms with Crippen molar-refractivity contribution < 1.29 is 14.4 Å². The Kier molecular flexibility index (Phi) is 4.87. The number of Topliss-reactive ketones (excluding diaryl/α,β-unsaturated/α-hetero) is 1. The molecule has 4 rings (SSSR count). The van der Waals surface area contributed by atoms with Crippen LogP contribution in [-0.4, -0.2) is 39.3 Å².